The lowest BCUT2D eigenvalue weighted by atomic mass is 10.0. The summed E-state index contributed by atoms with van der Waals surface area (Å²) in [6.45, 7) is 2.95. The Bertz CT molecular complexity index is 1160. The van der Waals surface area contributed by atoms with Gasteiger partial charge < -0.3 is 25.2 Å². The van der Waals surface area contributed by atoms with Crippen LogP contribution < -0.4 is 15.2 Å². The number of nitrogens with zero attached hydrogens (tertiary/aromatic N) is 1. The van der Waals surface area contributed by atoms with Crippen molar-refractivity contribution in [2.24, 2.45) is 5.73 Å². The second kappa shape index (κ2) is 11.1. The van der Waals surface area contributed by atoms with Crippen molar-refractivity contribution in [1.82, 2.24) is 4.90 Å². The van der Waals surface area contributed by atoms with Crippen molar-refractivity contribution in [1.29, 1.82) is 0 Å². The molecule has 1 heterocycles. The van der Waals surface area contributed by atoms with Gasteiger partial charge in [0, 0.05) is 19.0 Å². The molecule has 35 heavy (non-hydrogen) atoms. The minimum atomic E-state index is -0.944. The smallest absolute Gasteiger partial charge is 0.305 e. The number of benzene rings is 3. The number of hydrogen-bond donors (Lipinski definition) is 2. The highest BCUT2D eigenvalue weighted by molar-refractivity contribution is 5.99. The molecule has 3 aromatic carbocycles. The first kappa shape index (κ1) is 24.3. The van der Waals surface area contributed by atoms with E-state index < -0.39 is 12.0 Å². The van der Waals surface area contributed by atoms with Crippen LogP contribution in [0, 0.1) is 0 Å². The Labute approximate surface area is 205 Å². The van der Waals surface area contributed by atoms with Crippen molar-refractivity contribution >= 4 is 11.9 Å². The summed E-state index contributed by atoms with van der Waals surface area (Å²) in [7, 11) is 0. The Balaban J connectivity index is 1.66. The van der Waals surface area contributed by atoms with E-state index in [0.29, 0.717) is 37.4 Å². The maximum absolute atomic E-state index is 13.6. The van der Waals surface area contributed by atoms with Gasteiger partial charge in [-0.05, 0) is 47.9 Å². The van der Waals surface area contributed by atoms with Gasteiger partial charge in [0.1, 0.15) is 24.2 Å². The molecule has 0 saturated heterocycles. The van der Waals surface area contributed by atoms with Gasteiger partial charge in [0.05, 0.1) is 18.5 Å². The van der Waals surface area contributed by atoms with Crippen molar-refractivity contribution in [2.45, 2.75) is 31.9 Å². The first-order valence-electron chi connectivity index (χ1n) is 11.8. The van der Waals surface area contributed by atoms with E-state index in [0.717, 1.165) is 22.4 Å². The summed E-state index contributed by atoms with van der Waals surface area (Å²) in [5.74, 6) is 0.0634. The van der Waals surface area contributed by atoms with E-state index in [1.54, 1.807) is 11.8 Å². The summed E-state index contributed by atoms with van der Waals surface area (Å²) < 4.78 is 11.9. The van der Waals surface area contributed by atoms with Gasteiger partial charge in [-0.15, -0.1) is 0 Å². The van der Waals surface area contributed by atoms with E-state index in [4.69, 9.17) is 15.2 Å². The lowest BCUT2D eigenvalue weighted by Gasteiger charge is -2.29. The van der Waals surface area contributed by atoms with E-state index in [9.17, 15) is 14.7 Å². The monoisotopic (exact) mass is 474 g/mol. The molecule has 3 N–H and O–H groups in total. The third kappa shape index (κ3) is 6.00. The van der Waals surface area contributed by atoms with Crippen LogP contribution in [0.1, 0.15) is 29.3 Å². The van der Waals surface area contributed by atoms with Gasteiger partial charge in [-0.1, -0.05) is 48.5 Å². The Morgan fingerprint density at radius 2 is 1.83 bits per heavy atom. The normalized spacial score (nSPS) is 16.1. The van der Waals surface area contributed by atoms with Crippen LogP contribution >= 0.6 is 0 Å². The predicted octanol–water partition coefficient (Wildman–Crippen LogP) is 4.00. The molecule has 0 bridgehead atoms. The number of carboxylic acids is 1. The highest BCUT2D eigenvalue weighted by Crippen LogP contribution is 2.32. The first-order chi connectivity index (χ1) is 16.9. The fraction of sp³-hybridized carbons (Fsp3) is 0.286. The van der Waals surface area contributed by atoms with Gasteiger partial charge in [-0.3, -0.25) is 9.59 Å². The quantitative estimate of drug-likeness (QED) is 0.486. The lowest BCUT2D eigenvalue weighted by Crippen LogP contribution is -2.44. The van der Waals surface area contributed by atoms with Crippen molar-refractivity contribution in [3.05, 3.63) is 83.9 Å². The number of carbonyl (C=O) groups is 2. The minimum Gasteiger partial charge on any atom is -0.492 e. The second-order valence-corrected chi connectivity index (χ2v) is 8.71. The number of carboxylic acid groups (broad SMARTS) is 1. The molecule has 4 rings (SSSR count). The summed E-state index contributed by atoms with van der Waals surface area (Å²) in [6, 6.07) is 22.6. The standard InChI is InChI=1S/C28H30N2O5/c1-19(15-27(31)32)30-18-24(16-20-5-3-2-4-6-20)35-26-12-9-22(17-25(26)28(30)33)21-7-10-23(11-8-21)34-14-13-29/h2-12,17,19,24H,13-16,18,29H2,1H3,(H,31,32). The average Bonchev–Trinajstić information content (AvgIpc) is 2.99. The number of fused-ring (bicyclic) bond motifs is 1. The Hall–Kier alpha value is -3.84. The molecule has 7 heteroatoms. The SMILES string of the molecule is CC(CC(=O)O)N1CC(Cc2ccccc2)Oc2ccc(-c3ccc(OCCN)cc3)cc2C1=O. The average molecular weight is 475 g/mol. The van der Waals surface area contributed by atoms with Crippen molar-refractivity contribution < 1.29 is 24.2 Å². The maximum atomic E-state index is 13.6. The molecular weight excluding hydrogens is 444 g/mol. The van der Waals surface area contributed by atoms with Gasteiger partial charge in [-0.2, -0.15) is 0 Å². The molecular formula is C28H30N2O5. The van der Waals surface area contributed by atoms with Gasteiger partial charge in [-0.25, -0.2) is 0 Å². The van der Waals surface area contributed by atoms with Crippen LogP contribution in [0.15, 0.2) is 72.8 Å². The van der Waals surface area contributed by atoms with Crippen molar-refractivity contribution in [3.8, 4) is 22.6 Å². The summed E-state index contributed by atoms with van der Waals surface area (Å²) in [5.41, 5.74) is 8.80. The zero-order valence-electron chi connectivity index (χ0n) is 19.7. The second-order valence-electron chi connectivity index (χ2n) is 8.71. The molecule has 0 fully saturated rings. The van der Waals surface area contributed by atoms with Crippen molar-refractivity contribution in [2.75, 3.05) is 19.7 Å². The summed E-state index contributed by atoms with van der Waals surface area (Å²) in [6.07, 6.45) is 0.169. The summed E-state index contributed by atoms with van der Waals surface area (Å²) in [5, 5.41) is 9.35. The molecule has 1 aliphatic heterocycles. The molecule has 0 aliphatic carbocycles. The Morgan fingerprint density at radius 1 is 1.11 bits per heavy atom. The van der Waals surface area contributed by atoms with Gasteiger partial charge in [0.15, 0.2) is 0 Å². The van der Waals surface area contributed by atoms with E-state index in [1.807, 2.05) is 72.8 Å². The van der Waals surface area contributed by atoms with Crippen LogP contribution in [-0.2, 0) is 11.2 Å². The first-order valence-corrected chi connectivity index (χ1v) is 11.8. The van der Waals surface area contributed by atoms with E-state index in [2.05, 4.69) is 0 Å². The van der Waals surface area contributed by atoms with Crippen LogP contribution in [0.4, 0.5) is 0 Å². The van der Waals surface area contributed by atoms with E-state index in [-0.39, 0.29) is 18.4 Å². The predicted molar refractivity (Wildman–Crippen MR) is 134 cm³/mol. The molecule has 1 amide bonds. The molecule has 0 spiro atoms. The van der Waals surface area contributed by atoms with Gasteiger partial charge in [0.2, 0.25) is 0 Å². The number of rotatable bonds is 9. The molecule has 1 aliphatic rings. The topological polar surface area (TPSA) is 102 Å². The van der Waals surface area contributed by atoms with E-state index in [1.165, 1.54) is 0 Å². The molecule has 0 aromatic heterocycles. The van der Waals surface area contributed by atoms with Crippen LogP contribution in [-0.4, -0.2) is 53.7 Å². The molecule has 0 radical (unpaired) electrons. The number of nitrogens with two attached hydrogens (primary N) is 1. The zero-order chi connectivity index (χ0) is 24.8. The van der Waals surface area contributed by atoms with Crippen LogP contribution in [0.3, 0.4) is 0 Å². The molecule has 3 aromatic rings. The van der Waals surface area contributed by atoms with E-state index >= 15 is 0 Å². The molecule has 182 valence electrons. The third-order valence-corrected chi connectivity index (χ3v) is 6.05. The molecule has 2 atom stereocenters. The van der Waals surface area contributed by atoms with Gasteiger partial charge >= 0.3 is 5.97 Å². The van der Waals surface area contributed by atoms with Crippen LogP contribution in [0.5, 0.6) is 11.5 Å². The van der Waals surface area contributed by atoms with Crippen LogP contribution in [0.2, 0.25) is 0 Å². The maximum Gasteiger partial charge on any atom is 0.305 e. The largest absolute Gasteiger partial charge is 0.492 e. The van der Waals surface area contributed by atoms with Crippen LogP contribution in [0.25, 0.3) is 11.1 Å². The Morgan fingerprint density at radius 3 is 2.51 bits per heavy atom. The fourth-order valence-corrected chi connectivity index (χ4v) is 4.30. The highest BCUT2D eigenvalue weighted by atomic mass is 16.5. The Kier molecular flexibility index (Phi) is 7.67. The summed E-state index contributed by atoms with van der Waals surface area (Å²) in [4.78, 5) is 26.7. The third-order valence-electron chi connectivity index (χ3n) is 6.05. The number of carbonyl (C=O) groups excluding carboxylic acids is 1. The highest BCUT2D eigenvalue weighted by Gasteiger charge is 2.33. The fourth-order valence-electron chi connectivity index (χ4n) is 4.30. The minimum absolute atomic E-state index is 0.136. The van der Waals surface area contributed by atoms with Crippen molar-refractivity contribution in [3.63, 3.8) is 0 Å². The number of aliphatic carboxylic acids is 1. The summed E-state index contributed by atoms with van der Waals surface area (Å²) >= 11 is 0. The number of hydrogen-bond acceptors (Lipinski definition) is 5. The van der Waals surface area contributed by atoms with Gasteiger partial charge in [0.25, 0.3) is 5.91 Å². The molecule has 7 nitrogen and oxygen atoms in total. The number of ether oxygens (including phenoxy) is 2. The number of amides is 1. The zero-order valence-corrected chi connectivity index (χ0v) is 19.7. The lowest BCUT2D eigenvalue weighted by molar-refractivity contribution is -0.138. The molecule has 0 saturated carbocycles. The molecule has 2 unspecified atom stereocenters.